The summed E-state index contributed by atoms with van der Waals surface area (Å²) in [5.74, 6) is -0.541. The summed E-state index contributed by atoms with van der Waals surface area (Å²) in [7, 11) is 0. The molecule has 1 aliphatic heterocycles. The van der Waals surface area contributed by atoms with Crippen LogP contribution in [0, 0.1) is 5.92 Å². The smallest absolute Gasteiger partial charge is 0.326 e. The molecular weight excluding hydrogens is 293 g/mol. The van der Waals surface area contributed by atoms with Crippen molar-refractivity contribution in [3.8, 4) is 0 Å². The van der Waals surface area contributed by atoms with Crippen LogP contribution in [0.15, 0.2) is 18.2 Å². The molecule has 0 spiro atoms. The number of halogens is 4. The van der Waals surface area contributed by atoms with Crippen molar-refractivity contribution in [2.75, 3.05) is 11.9 Å². The molecule has 0 radical (unpaired) electrons. The lowest BCUT2D eigenvalue weighted by atomic mass is 10.0. The third-order valence-corrected chi connectivity index (χ3v) is 3.57. The fraction of sp³-hybridized carbons (Fsp3) is 0.462. The van der Waals surface area contributed by atoms with Gasteiger partial charge in [0, 0.05) is 16.8 Å². The first-order valence-electron chi connectivity index (χ1n) is 6.19. The van der Waals surface area contributed by atoms with Gasteiger partial charge in [-0.05, 0) is 38.1 Å². The summed E-state index contributed by atoms with van der Waals surface area (Å²) in [5.41, 5.74) is -0.813. The van der Waals surface area contributed by atoms with Crippen molar-refractivity contribution in [1.29, 1.82) is 0 Å². The van der Waals surface area contributed by atoms with Gasteiger partial charge >= 0.3 is 6.18 Å². The number of hydrogen-bond acceptors (Lipinski definition) is 2. The molecule has 0 saturated carbocycles. The van der Waals surface area contributed by atoms with E-state index in [0.29, 0.717) is 6.42 Å². The first kappa shape index (κ1) is 15.1. The van der Waals surface area contributed by atoms with E-state index in [9.17, 15) is 18.0 Å². The minimum Gasteiger partial charge on any atom is -0.326 e. The molecule has 2 atom stereocenters. The van der Waals surface area contributed by atoms with Crippen molar-refractivity contribution < 1.29 is 18.0 Å². The van der Waals surface area contributed by atoms with Crippen LogP contribution in [0.2, 0.25) is 5.02 Å². The highest BCUT2D eigenvalue weighted by atomic mass is 35.5. The Morgan fingerprint density at radius 1 is 1.40 bits per heavy atom. The quantitative estimate of drug-likeness (QED) is 0.880. The molecule has 3 nitrogen and oxygen atoms in total. The predicted molar refractivity (Wildman–Crippen MR) is 70.7 cm³/mol. The van der Waals surface area contributed by atoms with Gasteiger partial charge < -0.3 is 10.6 Å². The van der Waals surface area contributed by atoms with Gasteiger partial charge in [0.1, 0.15) is 0 Å². The monoisotopic (exact) mass is 306 g/mol. The number of carbonyl (C=O) groups excluding carboxylic acids is 1. The molecule has 1 heterocycles. The van der Waals surface area contributed by atoms with Gasteiger partial charge in [0.05, 0.1) is 11.5 Å². The number of amides is 1. The largest absolute Gasteiger partial charge is 0.416 e. The first-order chi connectivity index (χ1) is 9.27. The highest BCUT2D eigenvalue weighted by molar-refractivity contribution is 6.31. The Balaban J connectivity index is 2.17. The SMILES string of the molecule is CC1NCCC1C(=O)Nc1cc(Cl)cc(C(F)(F)F)c1. The fourth-order valence-corrected chi connectivity index (χ4v) is 2.51. The standard InChI is InChI=1S/C13H14ClF3N2O/c1-7-11(2-3-18-7)12(20)19-10-5-8(13(15,16)17)4-9(14)6-10/h4-7,11,18H,2-3H2,1H3,(H,19,20). The molecule has 0 aliphatic carbocycles. The molecular formula is C13H14ClF3N2O. The van der Waals surface area contributed by atoms with E-state index in [0.717, 1.165) is 18.7 Å². The summed E-state index contributed by atoms with van der Waals surface area (Å²) in [6, 6.07) is 3.03. The zero-order valence-corrected chi connectivity index (χ0v) is 11.5. The summed E-state index contributed by atoms with van der Waals surface area (Å²) < 4.78 is 38.0. The van der Waals surface area contributed by atoms with Crippen molar-refractivity contribution in [3.05, 3.63) is 28.8 Å². The molecule has 1 aromatic carbocycles. The van der Waals surface area contributed by atoms with Crippen molar-refractivity contribution in [3.63, 3.8) is 0 Å². The Kier molecular flexibility index (Phi) is 4.25. The maximum Gasteiger partial charge on any atom is 0.416 e. The maximum absolute atomic E-state index is 12.7. The number of anilines is 1. The van der Waals surface area contributed by atoms with Crippen LogP contribution in [0.4, 0.5) is 18.9 Å². The topological polar surface area (TPSA) is 41.1 Å². The minimum atomic E-state index is -4.49. The molecule has 1 fully saturated rings. The second-order valence-corrected chi connectivity index (χ2v) is 5.29. The molecule has 0 aromatic heterocycles. The van der Waals surface area contributed by atoms with Crippen molar-refractivity contribution in [1.82, 2.24) is 5.32 Å². The van der Waals surface area contributed by atoms with Gasteiger partial charge in [0.15, 0.2) is 0 Å². The van der Waals surface area contributed by atoms with Crippen LogP contribution in [0.1, 0.15) is 18.9 Å². The Bertz CT molecular complexity index is 519. The third-order valence-electron chi connectivity index (χ3n) is 3.35. The Morgan fingerprint density at radius 2 is 2.10 bits per heavy atom. The van der Waals surface area contributed by atoms with Gasteiger partial charge in [0.2, 0.25) is 5.91 Å². The number of nitrogens with one attached hydrogen (secondary N) is 2. The molecule has 2 rings (SSSR count). The summed E-state index contributed by atoms with van der Waals surface area (Å²) in [6.07, 6.45) is -3.83. The minimum absolute atomic E-state index is 0.0104. The van der Waals surface area contributed by atoms with Crippen LogP contribution in [0.3, 0.4) is 0 Å². The van der Waals surface area contributed by atoms with Crippen LogP contribution < -0.4 is 10.6 Å². The number of hydrogen-bond donors (Lipinski definition) is 2. The second-order valence-electron chi connectivity index (χ2n) is 4.85. The average Bonchev–Trinajstić information content (AvgIpc) is 2.73. The van der Waals surface area contributed by atoms with Crippen molar-refractivity contribution >= 4 is 23.2 Å². The highest BCUT2D eigenvalue weighted by Crippen LogP contribution is 2.33. The zero-order chi connectivity index (χ0) is 14.9. The summed E-state index contributed by atoms with van der Waals surface area (Å²) in [6.45, 7) is 2.60. The number of benzene rings is 1. The number of carbonyl (C=O) groups is 1. The lowest BCUT2D eigenvalue weighted by Gasteiger charge is -2.16. The van der Waals surface area contributed by atoms with Crippen LogP contribution in [-0.4, -0.2) is 18.5 Å². The van der Waals surface area contributed by atoms with E-state index in [1.807, 2.05) is 6.92 Å². The maximum atomic E-state index is 12.7. The molecule has 2 unspecified atom stereocenters. The Morgan fingerprint density at radius 3 is 2.65 bits per heavy atom. The van der Waals surface area contributed by atoms with E-state index in [2.05, 4.69) is 10.6 Å². The van der Waals surface area contributed by atoms with Crippen molar-refractivity contribution in [2.24, 2.45) is 5.92 Å². The van der Waals surface area contributed by atoms with E-state index in [1.165, 1.54) is 6.07 Å². The third kappa shape index (κ3) is 3.43. The molecule has 2 N–H and O–H groups in total. The normalized spacial score (nSPS) is 22.9. The van der Waals surface area contributed by atoms with Crippen molar-refractivity contribution in [2.45, 2.75) is 25.6 Å². The van der Waals surface area contributed by atoms with Gasteiger partial charge in [-0.3, -0.25) is 4.79 Å². The van der Waals surface area contributed by atoms with Gasteiger partial charge in [-0.25, -0.2) is 0 Å². The molecule has 1 amide bonds. The van der Waals surface area contributed by atoms with E-state index < -0.39 is 11.7 Å². The molecule has 20 heavy (non-hydrogen) atoms. The number of rotatable bonds is 2. The summed E-state index contributed by atoms with van der Waals surface area (Å²) in [4.78, 5) is 12.0. The van der Waals surface area contributed by atoms with Crippen LogP contribution in [-0.2, 0) is 11.0 Å². The van der Waals surface area contributed by atoms with Crippen LogP contribution in [0.5, 0.6) is 0 Å². The molecule has 1 aromatic rings. The van der Waals surface area contributed by atoms with Gasteiger partial charge in [-0.15, -0.1) is 0 Å². The van der Waals surface area contributed by atoms with Gasteiger partial charge in [-0.2, -0.15) is 13.2 Å². The lowest BCUT2D eigenvalue weighted by molar-refractivity contribution is -0.137. The van der Waals surface area contributed by atoms with E-state index in [4.69, 9.17) is 11.6 Å². The second kappa shape index (κ2) is 5.61. The number of alkyl halides is 3. The highest BCUT2D eigenvalue weighted by Gasteiger charge is 2.32. The van der Waals surface area contributed by atoms with E-state index in [1.54, 1.807) is 0 Å². The zero-order valence-electron chi connectivity index (χ0n) is 10.7. The summed E-state index contributed by atoms with van der Waals surface area (Å²) >= 11 is 5.66. The molecule has 0 bridgehead atoms. The fourth-order valence-electron chi connectivity index (χ4n) is 2.28. The molecule has 110 valence electrons. The Hall–Kier alpha value is -1.27. The molecule has 1 aliphatic rings. The predicted octanol–water partition coefficient (Wildman–Crippen LogP) is 3.30. The van der Waals surface area contributed by atoms with Crippen LogP contribution >= 0.6 is 11.6 Å². The van der Waals surface area contributed by atoms with E-state index in [-0.39, 0.29) is 28.6 Å². The molecule has 1 saturated heterocycles. The molecule has 7 heteroatoms. The first-order valence-corrected chi connectivity index (χ1v) is 6.57. The summed E-state index contributed by atoms with van der Waals surface area (Å²) in [5, 5.41) is 5.56. The lowest BCUT2D eigenvalue weighted by Crippen LogP contribution is -2.32. The van der Waals surface area contributed by atoms with Gasteiger partial charge in [-0.1, -0.05) is 11.6 Å². The van der Waals surface area contributed by atoms with E-state index >= 15 is 0 Å². The average molecular weight is 307 g/mol. The van der Waals surface area contributed by atoms with Crippen LogP contribution in [0.25, 0.3) is 0 Å². The van der Waals surface area contributed by atoms with Gasteiger partial charge in [0.25, 0.3) is 0 Å². The Labute approximate surface area is 119 Å².